The standard InChI is InChI=1S/C19H27N7O3/c20-6-2-13-11-25(8-9-26(13)18(27)28)16-14-3-7-22-10-15(14)23-17(24-16)29-12-19(21)4-1-5-19/h13,22H,1-5,7-12,21H2,(H,27,28)/t13-/m0/s1. The number of anilines is 1. The minimum Gasteiger partial charge on any atom is -0.465 e. The van der Waals surface area contributed by atoms with Crippen molar-refractivity contribution < 1.29 is 14.6 Å². The van der Waals surface area contributed by atoms with Gasteiger partial charge in [-0.1, -0.05) is 0 Å². The molecule has 0 aromatic carbocycles. The van der Waals surface area contributed by atoms with Crippen LogP contribution in [0.3, 0.4) is 0 Å². The maximum atomic E-state index is 11.5. The van der Waals surface area contributed by atoms with Crippen LogP contribution in [0.15, 0.2) is 0 Å². The number of carboxylic acid groups (broad SMARTS) is 1. The summed E-state index contributed by atoms with van der Waals surface area (Å²) in [5.74, 6) is 0.791. The van der Waals surface area contributed by atoms with E-state index in [1.165, 1.54) is 4.90 Å². The number of rotatable bonds is 5. The van der Waals surface area contributed by atoms with Gasteiger partial charge in [0.05, 0.1) is 29.8 Å². The highest BCUT2D eigenvalue weighted by Gasteiger charge is 2.35. The number of nitriles is 1. The topological polar surface area (TPSA) is 141 Å². The lowest BCUT2D eigenvalue weighted by atomic mass is 9.78. The summed E-state index contributed by atoms with van der Waals surface area (Å²) < 4.78 is 5.89. The van der Waals surface area contributed by atoms with E-state index in [0.29, 0.717) is 38.8 Å². The van der Waals surface area contributed by atoms with Gasteiger partial charge in [-0.05, 0) is 32.2 Å². The van der Waals surface area contributed by atoms with E-state index in [-0.39, 0.29) is 18.0 Å². The third-order valence-electron chi connectivity index (χ3n) is 6.09. The number of hydrogen-bond donors (Lipinski definition) is 3. The molecular weight excluding hydrogens is 374 g/mol. The Hall–Kier alpha value is -2.64. The first-order valence-corrected chi connectivity index (χ1v) is 10.1. The van der Waals surface area contributed by atoms with Crippen LogP contribution < -0.4 is 20.7 Å². The molecule has 1 aliphatic carbocycles. The maximum absolute atomic E-state index is 11.5. The van der Waals surface area contributed by atoms with E-state index >= 15 is 0 Å². The number of aromatic nitrogens is 2. The molecule has 10 nitrogen and oxygen atoms in total. The highest BCUT2D eigenvalue weighted by Crippen LogP contribution is 2.31. The van der Waals surface area contributed by atoms with Gasteiger partial charge < -0.3 is 30.7 Å². The molecule has 1 saturated carbocycles. The Balaban J connectivity index is 1.58. The number of fused-ring (bicyclic) bond motifs is 1. The van der Waals surface area contributed by atoms with Crippen LogP contribution in [0.2, 0.25) is 0 Å². The van der Waals surface area contributed by atoms with E-state index in [4.69, 9.17) is 20.7 Å². The second-order valence-corrected chi connectivity index (χ2v) is 8.12. The van der Waals surface area contributed by atoms with Crippen LogP contribution in [0.1, 0.15) is 36.9 Å². The van der Waals surface area contributed by atoms with Crippen molar-refractivity contribution in [2.24, 2.45) is 5.73 Å². The fraction of sp³-hybridized carbons (Fsp3) is 0.684. The van der Waals surface area contributed by atoms with Crippen molar-refractivity contribution in [1.29, 1.82) is 5.26 Å². The van der Waals surface area contributed by atoms with Crippen molar-refractivity contribution in [3.8, 4) is 12.1 Å². The SMILES string of the molecule is N#CC[C@H]1CN(c2nc(OCC3(N)CCC3)nc3c2CCNC3)CCN1C(=O)O. The van der Waals surface area contributed by atoms with Gasteiger partial charge in [0, 0.05) is 31.7 Å². The number of nitrogens with one attached hydrogen (secondary N) is 1. The summed E-state index contributed by atoms with van der Waals surface area (Å²) in [6.07, 6.45) is 2.97. The van der Waals surface area contributed by atoms with Gasteiger partial charge in [-0.2, -0.15) is 15.2 Å². The summed E-state index contributed by atoms with van der Waals surface area (Å²) in [5.41, 5.74) is 7.96. The van der Waals surface area contributed by atoms with E-state index in [9.17, 15) is 9.90 Å². The van der Waals surface area contributed by atoms with Gasteiger partial charge in [0.2, 0.25) is 0 Å². The first-order chi connectivity index (χ1) is 14.0. The summed E-state index contributed by atoms with van der Waals surface area (Å²) in [6, 6.07) is 2.04. The zero-order valence-corrected chi connectivity index (χ0v) is 16.4. The van der Waals surface area contributed by atoms with Crippen LogP contribution in [0.25, 0.3) is 0 Å². The third-order valence-corrected chi connectivity index (χ3v) is 6.09. The van der Waals surface area contributed by atoms with Gasteiger partial charge in [-0.3, -0.25) is 0 Å². The summed E-state index contributed by atoms with van der Waals surface area (Å²) >= 11 is 0. The van der Waals surface area contributed by atoms with E-state index in [1.807, 2.05) is 0 Å². The second-order valence-electron chi connectivity index (χ2n) is 8.12. The molecule has 1 aromatic heterocycles. The highest BCUT2D eigenvalue weighted by molar-refractivity contribution is 5.66. The molecule has 3 heterocycles. The highest BCUT2D eigenvalue weighted by atomic mass is 16.5. The molecule has 10 heteroatoms. The van der Waals surface area contributed by atoms with Crippen molar-refractivity contribution in [1.82, 2.24) is 20.2 Å². The Morgan fingerprint density at radius 2 is 2.24 bits per heavy atom. The number of ether oxygens (including phenoxy) is 1. The van der Waals surface area contributed by atoms with Gasteiger partial charge in [0.25, 0.3) is 0 Å². The fourth-order valence-electron chi connectivity index (χ4n) is 4.21. The summed E-state index contributed by atoms with van der Waals surface area (Å²) in [7, 11) is 0. The number of nitrogens with two attached hydrogens (primary N) is 1. The average molecular weight is 401 g/mol. The molecule has 1 atom stereocenters. The maximum Gasteiger partial charge on any atom is 0.407 e. The zero-order chi connectivity index (χ0) is 20.4. The quantitative estimate of drug-likeness (QED) is 0.642. The molecule has 1 aromatic rings. The van der Waals surface area contributed by atoms with Crippen LogP contribution >= 0.6 is 0 Å². The van der Waals surface area contributed by atoms with Gasteiger partial charge in [-0.15, -0.1) is 0 Å². The van der Waals surface area contributed by atoms with Crippen molar-refractivity contribution in [3.63, 3.8) is 0 Å². The summed E-state index contributed by atoms with van der Waals surface area (Å²) in [4.78, 5) is 24.2. The molecule has 2 fully saturated rings. The third kappa shape index (κ3) is 4.06. The largest absolute Gasteiger partial charge is 0.465 e. The lowest BCUT2D eigenvalue weighted by molar-refractivity contribution is 0.118. The van der Waals surface area contributed by atoms with E-state index in [0.717, 1.165) is 49.3 Å². The van der Waals surface area contributed by atoms with E-state index < -0.39 is 6.09 Å². The number of amides is 1. The minimum absolute atomic E-state index is 0.149. The van der Waals surface area contributed by atoms with Gasteiger partial charge in [-0.25, -0.2) is 4.79 Å². The first kappa shape index (κ1) is 19.7. The van der Waals surface area contributed by atoms with Crippen molar-refractivity contribution in [3.05, 3.63) is 11.3 Å². The molecule has 156 valence electrons. The van der Waals surface area contributed by atoms with Crippen LogP contribution in [0.4, 0.5) is 10.6 Å². The molecule has 4 N–H and O–H groups in total. The van der Waals surface area contributed by atoms with Crippen molar-refractivity contribution in [2.45, 2.75) is 50.2 Å². The fourth-order valence-corrected chi connectivity index (χ4v) is 4.21. The van der Waals surface area contributed by atoms with Gasteiger partial charge in [0.15, 0.2) is 0 Å². The lowest BCUT2D eigenvalue weighted by Crippen LogP contribution is -2.55. The second kappa shape index (κ2) is 8.00. The van der Waals surface area contributed by atoms with Crippen LogP contribution in [0, 0.1) is 11.3 Å². The van der Waals surface area contributed by atoms with Crippen molar-refractivity contribution >= 4 is 11.9 Å². The first-order valence-electron chi connectivity index (χ1n) is 10.1. The molecule has 4 rings (SSSR count). The number of carbonyl (C=O) groups is 1. The predicted molar refractivity (Wildman–Crippen MR) is 105 cm³/mol. The Bertz CT molecular complexity index is 821. The Labute approximate surface area is 169 Å². The number of piperazine rings is 1. The molecule has 0 radical (unpaired) electrons. The molecule has 1 amide bonds. The molecule has 29 heavy (non-hydrogen) atoms. The van der Waals surface area contributed by atoms with Crippen LogP contribution in [-0.4, -0.2) is 70.4 Å². The van der Waals surface area contributed by atoms with Crippen LogP contribution in [0.5, 0.6) is 6.01 Å². The minimum atomic E-state index is -0.989. The monoisotopic (exact) mass is 401 g/mol. The molecular formula is C19H27N7O3. The Morgan fingerprint density at radius 1 is 1.41 bits per heavy atom. The average Bonchev–Trinajstić information content (AvgIpc) is 2.70. The van der Waals surface area contributed by atoms with E-state index in [2.05, 4.69) is 21.3 Å². The Morgan fingerprint density at radius 3 is 2.93 bits per heavy atom. The summed E-state index contributed by atoms with van der Waals surface area (Å²) in [6.45, 7) is 3.16. The predicted octanol–water partition coefficient (Wildman–Crippen LogP) is 0.465. The lowest BCUT2D eigenvalue weighted by Gasteiger charge is -2.41. The van der Waals surface area contributed by atoms with Crippen LogP contribution in [-0.2, 0) is 13.0 Å². The molecule has 2 aliphatic heterocycles. The number of hydrogen-bond acceptors (Lipinski definition) is 8. The summed E-state index contributed by atoms with van der Waals surface area (Å²) in [5, 5.41) is 21.9. The normalized spacial score (nSPS) is 23.0. The van der Waals surface area contributed by atoms with Gasteiger partial charge in [0.1, 0.15) is 12.4 Å². The zero-order valence-electron chi connectivity index (χ0n) is 16.4. The molecule has 0 bridgehead atoms. The Kier molecular flexibility index (Phi) is 5.43. The van der Waals surface area contributed by atoms with E-state index in [1.54, 1.807) is 0 Å². The molecule has 3 aliphatic rings. The smallest absolute Gasteiger partial charge is 0.407 e. The van der Waals surface area contributed by atoms with Crippen molar-refractivity contribution in [2.75, 3.05) is 37.7 Å². The number of nitrogens with zero attached hydrogens (tertiary/aromatic N) is 5. The molecule has 1 saturated heterocycles. The van der Waals surface area contributed by atoms with Gasteiger partial charge >= 0.3 is 12.1 Å². The molecule has 0 spiro atoms. The molecule has 0 unspecified atom stereocenters.